The highest BCUT2D eigenvalue weighted by atomic mass is 16.5. The third-order valence-corrected chi connectivity index (χ3v) is 5.03. The molecule has 10 heteroatoms. The third kappa shape index (κ3) is 6.55. The Hall–Kier alpha value is -3.92. The van der Waals surface area contributed by atoms with E-state index in [1.54, 1.807) is 29.2 Å². The number of amides is 2. The van der Waals surface area contributed by atoms with Crippen LogP contribution in [-0.4, -0.2) is 75.1 Å². The van der Waals surface area contributed by atoms with Gasteiger partial charge >= 0.3 is 5.97 Å². The molecule has 1 aliphatic heterocycles. The average molecular weight is 470 g/mol. The summed E-state index contributed by atoms with van der Waals surface area (Å²) < 4.78 is 21.1. The van der Waals surface area contributed by atoms with Crippen molar-refractivity contribution in [1.82, 2.24) is 4.90 Å². The van der Waals surface area contributed by atoms with E-state index in [4.69, 9.17) is 18.9 Å². The Morgan fingerprint density at radius 1 is 1.00 bits per heavy atom. The zero-order valence-corrected chi connectivity index (χ0v) is 19.0. The molecule has 1 saturated heterocycles. The molecule has 0 aromatic heterocycles. The quantitative estimate of drug-likeness (QED) is 0.436. The lowest BCUT2D eigenvalue weighted by Gasteiger charge is -2.26. The number of ketones is 1. The molecule has 1 N–H and O–H groups in total. The van der Waals surface area contributed by atoms with Crippen molar-refractivity contribution in [1.29, 1.82) is 0 Å². The van der Waals surface area contributed by atoms with Crippen LogP contribution in [0.15, 0.2) is 42.5 Å². The van der Waals surface area contributed by atoms with E-state index in [1.165, 1.54) is 32.2 Å². The lowest BCUT2D eigenvalue weighted by Crippen LogP contribution is -2.43. The van der Waals surface area contributed by atoms with E-state index in [0.717, 1.165) is 0 Å². The van der Waals surface area contributed by atoms with E-state index in [2.05, 4.69) is 5.32 Å². The van der Waals surface area contributed by atoms with Crippen molar-refractivity contribution in [3.05, 3.63) is 53.6 Å². The van der Waals surface area contributed by atoms with Crippen molar-refractivity contribution in [2.45, 2.75) is 6.92 Å². The van der Waals surface area contributed by atoms with Gasteiger partial charge in [0.15, 0.2) is 30.5 Å². The number of benzene rings is 2. The number of Topliss-reactive ketones (excluding diaryl/α,β-unsaturated/α-hetero) is 1. The minimum atomic E-state index is -0.746. The zero-order chi connectivity index (χ0) is 24.5. The Bertz CT molecular complexity index is 1060. The second-order valence-corrected chi connectivity index (χ2v) is 7.37. The molecule has 180 valence electrons. The number of hydrogen-bond donors (Lipinski definition) is 1. The molecule has 2 aromatic rings. The number of hydrogen-bond acceptors (Lipinski definition) is 8. The summed E-state index contributed by atoms with van der Waals surface area (Å²) in [7, 11) is 1.40. The fraction of sp³-hybridized carbons (Fsp3) is 0.333. The highest BCUT2D eigenvalue weighted by molar-refractivity contribution is 6.04. The molecule has 1 heterocycles. The maximum absolute atomic E-state index is 12.4. The topological polar surface area (TPSA) is 120 Å². The van der Waals surface area contributed by atoms with Gasteiger partial charge in [0.05, 0.1) is 31.6 Å². The van der Waals surface area contributed by atoms with Crippen LogP contribution in [0.3, 0.4) is 0 Å². The molecule has 1 aliphatic rings. The number of nitrogens with zero attached hydrogens (tertiary/aromatic N) is 1. The van der Waals surface area contributed by atoms with E-state index in [9.17, 15) is 19.2 Å². The highest BCUT2D eigenvalue weighted by Gasteiger charge is 2.19. The van der Waals surface area contributed by atoms with Crippen LogP contribution in [0.4, 0.5) is 5.69 Å². The average Bonchev–Trinajstić information content (AvgIpc) is 2.86. The normalized spacial score (nSPS) is 13.1. The first-order valence-electron chi connectivity index (χ1n) is 10.6. The van der Waals surface area contributed by atoms with E-state index >= 15 is 0 Å². The fourth-order valence-electron chi connectivity index (χ4n) is 3.26. The number of ether oxygens (including phenoxy) is 4. The first kappa shape index (κ1) is 24.7. The fourth-order valence-corrected chi connectivity index (χ4v) is 3.26. The van der Waals surface area contributed by atoms with Crippen molar-refractivity contribution >= 4 is 29.3 Å². The Labute approximate surface area is 196 Å². The smallest absolute Gasteiger partial charge is 0.338 e. The number of methoxy groups -OCH3 is 1. The van der Waals surface area contributed by atoms with Gasteiger partial charge in [-0.1, -0.05) is 12.1 Å². The number of anilines is 1. The SMILES string of the molecule is COc1cc(C(=O)OCC(=O)Nc2ccccc2C(C)=O)ccc1OCC(=O)N1CCOCC1. The number of carbonyl (C=O) groups excluding carboxylic acids is 4. The molecule has 2 aromatic carbocycles. The molecule has 0 spiro atoms. The minimum absolute atomic E-state index is 0.139. The van der Waals surface area contributed by atoms with Gasteiger partial charge in [0, 0.05) is 18.7 Å². The molecule has 3 rings (SSSR count). The van der Waals surface area contributed by atoms with Crippen LogP contribution in [-0.2, 0) is 19.1 Å². The lowest BCUT2D eigenvalue weighted by atomic mass is 10.1. The van der Waals surface area contributed by atoms with Crippen molar-refractivity contribution < 1.29 is 38.1 Å². The summed E-state index contributed by atoms with van der Waals surface area (Å²) in [6.45, 7) is 2.68. The van der Waals surface area contributed by atoms with Crippen LogP contribution in [0.2, 0.25) is 0 Å². The van der Waals surface area contributed by atoms with Crippen LogP contribution >= 0.6 is 0 Å². The van der Waals surface area contributed by atoms with Crippen LogP contribution in [0, 0.1) is 0 Å². The summed E-state index contributed by atoms with van der Waals surface area (Å²) in [5.41, 5.74) is 0.834. The van der Waals surface area contributed by atoms with E-state index < -0.39 is 18.5 Å². The number of para-hydroxylation sites is 1. The van der Waals surface area contributed by atoms with Crippen LogP contribution in [0.5, 0.6) is 11.5 Å². The summed E-state index contributed by atoms with van der Waals surface area (Å²) in [6.07, 6.45) is 0. The van der Waals surface area contributed by atoms with Gasteiger partial charge in [0.25, 0.3) is 11.8 Å². The molecule has 2 amide bonds. The first-order chi connectivity index (χ1) is 16.4. The lowest BCUT2D eigenvalue weighted by molar-refractivity contribution is -0.137. The molecule has 34 heavy (non-hydrogen) atoms. The molecule has 1 fully saturated rings. The Balaban J connectivity index is 1.55. The largest absolute Gasteiger partial charge is 0.493 e. The standard InChI is InChI=1S/C24H26N2O8/c1-16(27)18-5-3-4-6-19(18)25-22(28)14-34-24(30)17-7-8-20(21(13-17)31-2)33-15-23(29)26-9-11-32-12-10-26/h3-8,13H,9-12,14-15H2,1-2H3,(H,25,28). The Morgan fingerprint density at radius 3 is 2.44 bits per heavy atom. The maximum Gasteiger partial charge on any atom is 0.338 e. The summed E-state index contributed by atoms with van der Waals surface area (Å²) in [5, 5.41) is 2.56. The van der Waals surface area contributed by atoms with E-state index in [0.29, 0.717) is 43.3 Å². The summed E-state index contributed by atoms with van der Waals surface area (Å²) in [5.74, 6) is -1.18. The van der Waals surface area contributed by atoms with Crippen molar-refractivity contribution in [2.24, 2.45) is 0 Å². The van der Waals surface area contributed by atoms with E-state index in [1.807, 2.05) is 0 Å². The second-order valence-electron chi connectivity index (χ2n) is 7.37. The number of carbonyl (C=O) groups is 4. The predicted molar refractivity (Wildman–Crippen MR) is 121 cm³/mol. The van der Waals surface area contributed by atoms with Crippen molar-refractivity contribution in [3.63, 3.8) is 0 Å². The van der Waals surface area contributed by atoms with Gasteiger partial charge in [0.2, 0.25) is 0 Å². The number of nitrogens with one attached hydrogen (secondary N) is 1. The second kappa shape index (κ2) is 11.8. The van der Waals surface area contributed by atoms with E-state index in [-0.39, 0.29) is 29.6 Å². The molecule has 10 nitrogen and oxygen atoms in total. The molecule has 0 atom stereocenters. The van der Waals surface area contributed by atoms with Gasteiger partial charge in [-0.15, -0.1) is 0 Å². The highest BCUT2D eigenvalue weighted by Crippen LogP contribution is 2.28. The summed E-state index contributed by atoms with van der Waals surface area (Å²) in [4.78, 5) is 50.2. The monoisotopic (exact) mass is 470 g/mol. The molecular formula is C24H26N2O8. The van der Waals surface area contributed by atoms with Gasteiger partial charge in [-0.2, -0.15) is 0 Å². The first-order valence-corrected chi connectivity index (χ1v) is 10.6. The predicted octanol–water partition coefficient (Wildman–Crippen LogP) is 1.93. The van der Waals surface area contributed by atoms with Crippen LogP contribution in [0.1, 0.15) is 27.6 Å². The van der Waals surface area contributed by atoms with Gasteiger partial charge in [-0.05, 0) is 37.3 Å². The molecule has 0 radical (unpaired) electrons. The summed E-state index contributed by atoms with van der Waals surface area (Å²) in [6, 6.07) is 10.9. The Kier molecular flexibility index (Phi) is 8.58. The zero-order valence-electron chi connectivity index (χ0n) is 19.0. The van der Waals surface area contributed by atoms with Crippen LogP contribution < -0.4 is 14.8 Å². The molecule has 0 unspecified atom stereocenters. The maximum atomic E-state index is 12.4. The molecule has 0 bridgehead atoms. The number of morpholine rings is 1. The van der Waals surface area contributed by atoms with Crippen molar-refractivity contribution in [3.8, 4) is 11.5 Å². The third-order valence-electron chi connectivity index (χ3n) is 5.03. The van der Waals surface area contributed by atoms with Gasteiger partial charge in [-0.3, -0.25) is 14.4 Å². The van der Waals surface area contributed by atoms with Gasteiger partial charge in [-0.25, -0.2) is 4.79 Å². The van der Waals surface area contributed by atoms with Gasteiger partial charge < -0.3 is 29.2 Å². The van der Waals surface area contributed by atoms with Crippen LogP contribution in [0.25, 0.3) is 0 Å². The minimum Gasteiger partial charge on any atom is -0.493 e. The Morgan fingerprint density at radius 2 is 1.74 bits per heavy atom. The molecule has 0 aliphatic carbocycles. The summed E-state index contributed by atoms with van der Waals surface area (Å²) >= 11 is 0. The number of rotatable bonds is 9. The molecular weight excluding hydrogens is 444 g/mol. The van der Waals surface area contributed by atoms with Gasteiger partial charge in [0.1, 0.15) is 0 Å². The van der Waals surface area contributed by atoms with Crippen molar-refractivity contribution in [2.75, 3.05) is 51.9 Å². The molecule has 0 saturated carbocycles. The number of esters is 1.